The van der Waals surface area contributed by atoms with Gasteiger partial charge in [-0.3, -0.25) is 0 Å². The van der Waals surface area contributed by atoms with Crippen molar-refractivity contribution in [1.82, 2.24) is 0 Å². The number of halogens is 1. The van der Waals surface area contributed by atoms with Crippen LogP contribution in [0.2, 0.25) is 5.02 Å². The van der Waals surface area contributed by atoms with Gasteiger partial charge >= 0.3 is 0 Å². The van der Waals surface area contributed by atoms with Gasteiger partial charge in [0.2, 0.25) is 0 Å². The Morgan fingerprint density at radius 2 is 1.94 bits per heavy atom. The highest BCUT2D eigenvalue weighted by atomic mass is 35.5. The Hall–Kier alpha value is -0.810. The largest absolute Gasteiger partial charge is 0.491 e. The Morgan fingerprint density at radius 3 is 2.65 bits per heavy atom. The summed E-state index contributed by atoms with van der Waals surface area (Å²) in [6.45, 7) is 1.86. The van der Waals surface area contributed by atoms with Crippen LogP contribution in [0.1, 0.15) is 5.56 Å². The fourth-order valence-corrected chi connectivity index (χ4v) is 1.51. The first-order valence-corrected chi connectivity index (χ1v) is 5.75. The molecule has 0 saturated carbocycles. The van der Waals surface area contributed by atoms with E-state index in [1.54, 1.807) is 25.3 Å². The van der Waals surface area contributed by atoms with Crippen molar-refractivity contribution in [1.29, 1.82) is 0 Å². The van der Waals surface area contributed by atoms with Gasteiger partial charge in [-0.15, -0.1) is 0 Å². The number of aliphatic hydroxyl groups excluding tert-OH is 1. The van der Waals surface area contributed by atoms with Crippen molar-refractivity contribution in [3.05, 3.63) is 28.8 Å². The maximum atomic E-state index is 9.16. The van der Waals surface area contributed by atoms with E-state index in [-0.39, 0.29) is 6.61 Å². The number of benzene rings is 1. The molecule has 0 aliphatic carbocycles. The van der Waals surface area contributed by atoms with Crippen LogP contribution in [-0.2, 0) is 16.1 Å². The highest BCUT2D eigenvalue weighted by Gasteiger charge is 2.06. The molecule has 0 saturated heterocycles. The minimum absolute atomic E-state index is 0.139. The van der Waals surface area contributed by atoms with Gasteiger partial charge < -0.3 is 19.3 Å². The summed E-state index contributed by atoms with van der Waals surface area (Å²) in [5, 5.41) is 9.66. The molecule has 0 amide bonds. The van der Waals surface area contributed by atoms with E-state index in [1.807, 2.05) is 0 Å². The SMILES string of the molecule is COCCOCCOc1cccc(Cl)c1CO. The Morgan fingerprint density at radius 1 is 1.18 bits per heavy atom. The summed E-state index contributed by atoms with van der Waals surface area (Å²) < 4.78 is 15.6. The summed E-state index contributed by atoms with van der Waals surface area (Å²) in [6, 6.07) is 5.27. The van der Waals surface area contributed by atoms with Crippen molar-refractivity contribution in [3.8, 4) is 5.75 Å². The average molecular weight is 261 g/mol. The lowest BCUT2D eigenvalue weighted by Gasteiger charge is -2.11. The van der Waals surface area contributed by atoms with Crippen LogP contribution < -0.4 is 4.74 Å². The molecule has 0 atom stereocenters. The van der Waals surface area contributed by atoms with Gasteiger partial charge in [0, 0.05) is 17.7 Å². The number of aliphatic hydroxyl groups is 1. The third kappa shape index (κ3) is 4.91. The molecule has 1 N–H and O–H groups in total. The van der Waals surface area contributed by atoms with Crippen LogP contribution >= 0.6 is 11.6 Å². The standard InChI is InChI=1S/C12H17ClO4/c1-15-5-6-16-7-8-17-12-4-2-3-11(13)10(12)9-14/h2-4,14H,5-9H2,1H3. The van der Waals surface area contributed by atoms with Gasteiger partial charge in [-0.25, -0.2) is 0 Å². The van der Waals surface area contributed by atoms with Gasteiger partial charge in [0.25, 0.3) is 0 Å². The molecule has 0 spiro atoms. The van der Waals surface area contributed by atoms with E-state index in [2.05, 4.69) is 0 Å². The number of rotatable bonds is 8. The molecular formula is C12H17ClO4. The maximum Gasteiger partial charge on any atom is 0.126 e. The van der Waals surface area contributed by atoms with E-state index < -0.39 is 0 Å². The molecule has 4 nitrogen and oxygen atoms in total. The van der Waals surface area contributed by atoms with Gasteiger partial charge in [-0.05, 0) is 12.1 Å². The van der Waals surface area contributed by atoms with Crippen molar-refractivity contribution < 1.29 is 19.3 Å². The Kier molecular flexibility index (Phi) is 6.96. The van der Waals surface area contributed by atoms with Crippen LogP contribution in [-0.4, -0.2) is 38.6 Å². The number of methoxy groups -OCH3 is 1. The first-order valence-electron chi connectivity index (χ1n) is 5.37. The average Bonchev–Trinajstić information content (AvgIpc) is 2.34. The molecule has 1 rings (SSSR count). The molecule has 1 aromatic rings. The second kappa shape index (κ2) is 8.31. The molecule has 0 aromatic heterocycles. The van der Waals surface area contributed by atoms with Crippen LogP contribution in [0.15, 0.2) is 18.2 Å². The fourth-order valence-electron chi connectivity index (χ4n) is 1.28. The van der Waals surface area contributed by atoms with Gasteiger partial charge in [-0.2, -0.15) is 0 Å². The van der Waals surface area contributed by atoms with Gasteiger partial charge in [-0.1, -0.05) is 17.7 Å². The van der Waals surface area contributed by atoms with E-state index in [1.165, 1.54) is 0 Å². The molecule has 5 heteroatoms. The normalized spacial score (nSPS) is 10.5. The fraction of sp³-hybridized carbons (Fsp3) is 0.500. The van der Waals surface area contributed by atoms with Gasteiger partial charge in [0.05, 0.1) is 26.4 Å². The van der Waals surface area contributed by atoms with Crippen LogP contribution in [0.4, 0.5) is 0 Å². The van der Waals surface area contributed by atoms with Crippen molar-refractivity contribution in [2.75, 3.05) is 33.5 Å². The molecule has 96 valence electrons. The lowest BCUT2D eigenvalue weighted by atomic mass is 10.2. The molecule has 0 fully saturated rings. The molecule has 0 heterocycles. The highest BCUT2D eigenvalue weighted by molar-refractivity contribution is 6.31. The van der Waals surface area contributed by atoms with Gasteiger partial charge in [0.1, 0.15) is 12.4 Å². The van der Waals surface area contributed by atoms with E-state index >= 15 is 0 Å². The topological polar surface area (TPSA) is 47.9 Å². The lowest BCUT2D eigenvalue weighted by molar-refractivity contribution is 0.0540. The molecule has 0 bridgehead atoms. The maximum absolute atomic E-state index is 9.16. The summed E-state index contributed by atoms with van der Waals surface area (Å²) in [5.74, 6) is 0.593. The number of ether oxygens (including phenoxy) is 3. The predicted octanol–water partition coefficient (Wildman–Crippen LogP) is 1.87. The minimum Gasteiger partial charge on any atom is -0.491 e. The zero-order chi connectivity index (χ0) is 12.5. The van der Waals surface area contributed by atoms with Crippen LogP contribution in [0.5, 0.6) is 5.75 Å². The third-order valence-electron chi connectivity index (χ3n) is 2.15. The zero-order valence-electron chi connectivity index (χ0n) is 9.82. The molecule has 0 aliphatic rings. The Bertz CT molecular complexity index is 330. The molecule has 1 aromatic carbocycles. The lowest BCUT2D eigenvalue weighted by Crippen LogP contribution is -2.10. The van der Waals surface area contributed by atoms with E-state index in [0.29, 0.717) is 42.8 Å². The van der Waals surface area contributed by atoms with Crippen molar-refractivity contribution in [3.63, 3.8) is 0 Å². The molecule has 0 unspecified atom stereocenters. The Labute approximate surface area is 106 Å². The van der Waals surface area contributed by atoms with E-state index in [4.69, 9.17) is 30.9 Å². The van der Waals surface area contributed by atoms with Gasteiger partial charge in [0.15, 0.2) is 0 Å². The van der Waals surface area contributed by atoms with Crippen LogP contribution in [0.25, 0.3) is 0 Å². The van der Waals surface area contributed by atoms with Crippen molar-refractivity contribution >= 4 is 11.6 Å². The first kappa shape index (κ1) is 14.3. The number of hydrogen-bond donors (Lipinski definition) is 1. The number of hydrogen-bond acceptors (Lipinski definition) is 4. The first-order chi connectivity index (χ1) is 8.29. The third-order valence-corrected chi connectivity index (χ3v) is 2.51. The summed E-state index contributed by atoms with van der Waals surface area (Å²) >= 11 is 5.92. The quantitative estimate of drug-likeness (QED) is 0.725. The monoisotopic (exact) mass is 260 g/mol. The smallest absolute Gasteiger partial charge is 0.126 e. The van der Waals surface area contributed by atoms with Crippen LogP contribution in [0, 0.1) is 0 Å². The summed E-state index contributed by atoms with van der Waals surface area (Å²) in [6.07, 6.45) is 0. The predicted molar refractivity (Wildman–Crippen MR) is 65.6 cm³/mol. The second-order valence-electron chi connectivity index (χ2n) is 3.33. The van der Waals surface area contributed by atoms with E-state index in [0.717, 1.165) is 0 Å². The highest BCUT2D eigenvalue weighted by Crippen LogP contribution is 2.26. The zero-order valence-corrected chi connectivity index (χ0v) is 10.6. The van der Waals surface area contributed by atoms with Crippen LogP contribution in [0.3, 0.4) is 0 Å². The van der Waals surface area contributed by atoms with Crippen molar-refractivity contribution in [2.45, 2.75) is 6.61 Å². The molecule has 17 heavy (non-hydrogen) atoms. The molecule has 0 aliphatic heterocycles. The minimum atomic E-state index is -0.139. The second-order valence-corrected chi connectivity index (χ2v) is 3.74. The molecule has 0 radical (unpaired) electrons. The molecular weight excluding hydrogens is 244 g/mol. The Balaban J connectivity index is 2.33. The van der Waals surface area contributed by atoms with Crippen molar-refractivity contribution in [2.24, 2.45) is 0 Å². The summed E-state index contributed by atoms with van der Waals surface area (Å²) in [4.78, 5) is 0. The summed E-state index contributed by atoms with van der Waals surface area (Å²) in [7, 11) is 1.62. The van der Waals surface area contributed by atoms with E-state index in [9.17, 15) is 0 Å². The summed E-state index contributed by atoms with van der Waals surface area (Å²) in [5.41, 5.74) is 0.603.